The zero-order valence-electron chi connectivity index (χ0n) is 6.12. The van der Waals surface area contributed by atoms with Crippen molar-refractivity contribution in [2.45, 2.75) is 13.0 Å². The quantitative estimate of drug-likeness (QED) is 0.646. The van der Waals surface area contributed by atoms with Crippen molar-refractivity contribution in [3.8, 4) is 0 Å². The van der Waals surface area contributed by atoms with Crippen LogP contribution < -0.4 is 0 Å². The van der Waals surface area contributed by atoms with Crippen LogP contribution in [0.2, 0.25) is 0 Å². The first kappa shape index (κ1) is 6.55. The van der Waals surface area contributed by atoms with Gasteiger partial charge in [0.2, 0.25) is 0 Å². The van der Waals surface area contributed by atoms with Crippen LogP contribution in [-0.2, 0) is 13.0 Å². The van der Waals surface area contributed by atoms with Gasteiger partial charge in [-0.1, -0.05) is 12.2 Å². The largest absolute Gasteiger partial charge is 0.390 e. The van der Waals surface area contributed by atoms with Gasteiger partial charge in [-0.3, -0.25) is 4.98 Å². The number of pyridine rings is 1. The van der Waals surface area contributed by atoms with Gasteiger partial charge in [0.15, 0.2) is 0 Å². The fraction of sp³-hybridized carbons (Fsp3) is 0.222. The summed E-state index contributed by atoms with van der Waals surface area (Å²) in [5.41, 5.74) is 3.20. The van der Waals surface area contributed by atoms with Crippen molar-refractivity contribution in [2.24, 2.45) is 0 Å². The van der Waals surface area contributed by atoms with E-state index in [2.05, 4.69) is 17.1 Å². The molecule has 1 aromatic rings. The van der Waals surface area contributed by atoms with Crippen LogP contribution in [0.25, 0.3) is 6.08 Å². The number of aromatic nitrogens is 1. The van der Waals surface area contributed by atoms with E-state index < -0.39 is 0 Å². The maximum Gasteiger partial charge on any atom is 0.0853 e. The van der Waals surface area contributed by atoms with E-state index in [0.717, 1.165) is 12.1 Å². The van der Waals surface area contributed by atoms with Gasteiger partial charge in [-0.05, 0) is 23.6 Å². The number of nitrogens with zero attached hydrogens (tertiary/aromatic N) is 1. The highest BCUT2D eigenvalue weighted by molar-refractivity contribution is 5.59. The van der Waals surface area contributed by atoms with Gasteiger partial charge in [-0.25, -0.2) is 0 Å². The molecule has 0 unspecified atom stereocenters. The predicted octanol–water partition coefficient (Wildman–Crippen LogP) is 1.14. The van der Waals surface area contributed by atoms with Crippen molar-refractivity contribution in [3.63, 3.8) is 0 Å². The standard InChI is InChI=1S/C9H9NO/c11-6-9-4-7-2-1-3-8(7)5-10-9/h1-2,4-5,11H,3,6H2. The van der Waals surface area contributed by atoms with Crippen LogP contribution in [0, 0.1) is 0 Å². The molecule has 2 heteroatoms. The Morgan fingerprint density at radius 2 is 2.45 bits per heavy atom. The summed E-state index contributed by atoms with van der Waals surface area (Å²) in [4.78, 5) is 4.08. The summed E-state index contributed by atoms with van der Waals surface area (Å²) in [5.74, 6) is 0. The summed E-state index contributed by atoms with van der Waals surface area (Å²) in [6.45, 7) is 0.0289. The average molecular weight is 147 g/mol. The molecule has 2 rings (SSSR count). The second-order valence-corrected chi connectivity index (χ2v) is 2.64. The van der Waals surface area contributed by atoms with E-state index in [0.29, 0.717) is 0 Å². The Hall–Kier alpha value is -1.15. The van der Waals surface area contributed by atoms with Crippen LogP contribution in [0.15, 0.2) is 18.3 Å². The average Bonchev–Trinajstić information content (AvgIpc) is 2.50. The SMILES string of the molecule is OCc1cc2c(cn1)CC=C2. The van der Waals surface area contributed by atoms with Crippen LogP contribution in [0.4, 0.5) is 0 Å². The molecular formula is C9H9NO. The first-order valence-corrected chi connectivity index (χ1v) is 3.65. The Morgan fingerprint density at radius 3 is 3.27 bits per heavy atom. The normalized spacial score (nSPS) is 13.5. The molecule has 0 aromatic carbocycles. The summed E-state index contributed by atoms with van der Waals surface area (Å²) < 4.78 is 0. The molecule has 0 amide bonds. The zero-order chi connectivity index (χ0) is 7.68. The van der Waals surface area contributed by atoms with Crippen LogP contribution in [0.1, 0.15) is 16.8 Å². The summed E-state index contributed by atoms with van der Waals surface area (Å²) in [5, 5.41) is 8.78. The molecule has 0 atom stereocenters. The first-order valence-electron chi connectivity index (χ1n) is 3.65. The fourth-order valence-electron chi connectivity index (χ4n) is 1.27. The van der Waals surface area contributed by atoms with Crippen molar-refractivity contribution in [1.82, 2.24) is 4.98 Å². The van der Waals surface area contributed by atoms with Crippen molar-refractivity contribution in [2.75, 3.05) is 0 Å². The number of aliphatic hydroxyl groups excluding tert-OH is 1. The topological polar surface area (TPSA) is 33.1 Å². The summed E-state index contributed by atoms with van der Waals surface area (Å²) in [6, 6.07) is 1.93. The Labute approximate surface area is 65.2 Å². The lowest BCUT2D eigenvalue weighted by Crippen LogP contribution is -1.91. The number of fused-ring (bicyclic) bond motifs is 1. The third-order valence-electron chi connectivity index (χ3n) is 1.88. The molecule has 11 heavy (non-hydrogen) atoms. The highest BCUT2D eigenvalue weighted by Gasteiger charge is 2.05. The Morgan fingerprint density at radius 1 is 1.55 bits per heavy atom. The van der Waals surface area contributed by atoms with Crippen molar-refractivity contribution in [3.05, 3.63) is 35.2 Å². The van der Waals surface area contributed by atoms with Gasteiger partial charge in [0.1, 0.15) is 0 Å². The van der Waals surface area contributed by atoms with Gasteiger partial charge in [0, 0.05) is 6.20 Å². The number of rotatable bonds is 1. The summed E-state index contributed by atoms with van der Waals surface area (Å²) >= 11 is 0. The van der Waals surface area contributed by atoms with Gasteiger partial charge in [-0.2, -0.15) is 0 Å². The Kier molecular flexibility index (Phi) is 1.47. The third-order valence-corrected chi connectivity index (χ3v) is 1.88. The maximum atomic E-state index is 8.78. The van der Waals surface area contributed by atoms with Crippen LogP contribution in [0.3, 0.4) is 0 Å². The Balaban J connectivity index is 2.47. The van der Waals surface area contributed by atoms with E-state index in [4.69, 9.17) is 5.11 Å². The second-order valence-electron chi connectivity index (χ2n) is 2.64. The number of hydrogen-bond acceptors (Lipinski definition) is 2. The molecule has 0 saturated carbocycles. The summed E-state index contributed by atoms with van der Waals surface area (Å²) in [6.07, 6.45) is 6.98. The molecule has 0 radical (unpaired) electrons. The molecule has 1 aromatic heterocycles. The van der Waals surface area contributed by atoms with E-state index in [9.17, 15) is 0 Å². The molecule has 0 spiro atoms. The monoisotopic (exact) mass is 147 g/mol. The summed E-state index contributed by atoms with van der Waals surface area (Å²) in [7, 11) is 0. The van der Waals surface area contributed by atoms with E-state index in [1.165, 1.54) is 11.1 Å². The van der Waals surface area contributed by atoms with E-state index in [1.807, 2.05) is 12.3 Å². The fourth-order valence-corrected chi connectivity index (χ4v) is 1.27. The molecule has 0 aliphatic heterocycles. The molecule has 0 bridgehead atoms. The van der Waals surface area contributed by atoms with Crippen LogP contribution in [0.5, 0.6) is 0 Å². The maximum absolute atomic E-state index is 8.78. The van der Waals surface area contributed by atoms with Crippen molar-refractivity contribution in [1.29, 1.82) is 0 Å². The highest BCUT2D eigenvalue weighted by atomic mass is 16.3. The molecule has 0 saturated heterocycles. The minimum Gasteiger partial charge on any atom is -0.390 e. The Bertz CT molecular complexity index is 304. The third kappa shape index (κ3) is 1.05. The minimum absolute atomic E-state index is 0.0289. The molecule has 1 heterocycles. The lowest BCUT2D eigenvalue weighted by molar-refractivity contribution is 0.277. The van der Waals surface area contributed by atoms with Gasteiger partial charge in [0.05, 0.1) is 12.3 Å². The van der Waals surface area contributed by atoms with Crippen LogP contribution in [-0.4, -0.2) is 10.1 Å². The molecule has 0 fully saturated rings. The number of hydrogen-bond donors (Lipinski definition) is 1. The van der Waals surface area contributed by atoms with Gasteiger partial charge in [0.25, 0.3) is 0 Å². The molecule has 1 aliphatic carbocycles. The van der Waals surface area contributed by atoms with E-state index in [1.54, 1.807) is 0 Å². The molecule has 56 valence electrons. The smallest absolute Gasteiger partial charge is 0.0853 e. The van der Waals surface area contributed by atoms with Crippen LogP contribution >= 0.6 is 0 Å². The number of allylic oxidation sites excluding steroid dienone is 1. The molecule has 1 aliphatic rings. The molecule has 1 N–H and O–H groups in total. The van der Waals surface area contributed by atoms with Crippen molar-refractivity contribution >= 4 is 6.08 Å². The first-order chi connectivity index (χ1) is 5.40. The minimum atomic E-state index is 0.0289. The number of aliphatic hydroxyl groups is 1. The predicted molar refractivity (Wildman–Crippen MR) is 42.9 cm³/mol. The lowest BCUT2D eigenvalue weighted by atomic mass is 10.1. The van der Waals surface area contributed by atoms with Gasteiger partial charge >= 0.3 is 0 Å². The molecule has 2 nitrogen and oxygen atoms in total. The second kappa shape index (κ2) is 2.47. The molecular weight excluding hydrogens is 138 g/mol. The van der Waals surface area contributed by atoms with Crippen molar-refractivity contribution < 1.29 is 5.11 Å². The van der Waals surface area contributed by atoms with Gasteiger partial charge in [-0.15, -0.1) is 0 Å². The zero-order valence-corrected chi connectivity index (χ0v) is 6.12. The van der Waals surface area contributed by atoms with Gasteiger partial charge < -0.3 is 5.11 Å². The highest BCUT2D eigenvalue weighted by Crippen LogP contribution is 2.18. The lowest BCUT2D eigenvalue weighted by Gasteiger charge is -1.99. The van der Waals surface area contributed by atoms with E-state index in [-0.39, 0.29) is 6.61 Å². The van der Waals surface area contributed by atoms with E-state index >= 15 is 0 Å².